The lowest BCUT2D eigenvalue weighted by atomic mass is 10.2. The smallest absolute Gasteiger partial charge is 0.262 e. The normalized spacial score (nSPS) is 10.0. The molecule has 0 aliphatic rings. The molecule has 0 saturated heterocycles. The van der Waals surface area contributed by atoms with Crippen molar-refractivity contribution in [1.29, 1.82) is 0 Å². The van der Waals surface area contributed by atoms with Crippen LogP contribution in [0.4, 0.5) is 11.4 Å². The van der Waals surface area contributed by atoms with Gasteiger partial charge in [0, 0.05) is 31.5 Å². The van der Waals surface area contributed by atoms with Gasteiger partial charge >= 0.3 is 0 Å². The largest absolute Gasteiger partial charge is 0.479 e. The van der Waals surface area contributed by atoms with Gasteiger partial charge in [-0.15, -0.1) is 5.10 Å². The molecule has 2 rings (SSSR count). The zero-order valence-electron chi connectivity index (χ0n) is 12.0. The molecule has 0 bridgehead atoms. The van der Waals surface area contributed by atoms with Gasteiger partial charge in [0.2, 0.25) is 11.8 Å². The molecule has 2 aromatic rings. The van der Waals surface area contributed by atoms with E-state index in [9.17, 15) is 9.59 Å². The molecule has 1 aromatic carbocycles. The van der Waals surface area contributed by atoms with Crippen molar-refractivity contribution in [3.63, 3.8) is 0 Å². The van der Waals surface area contributed by atoms with Crippen LogP contribution >= 0.6 is 0 Å². The highest BCUT2D eigenvalue weighted by molar-refractivity contribution is 6.05. The van der Waals surface area contributed by atoms with E-state index in [1.807, 2.05) is 0 Å². The van der Waals surface area contributed by atoms with Crippen LogP contribution in [0.5, 0.6) is 5.88 Å². The lowest BCUT2D eigenvalue weighted by Crippen LogP contribution is -2.12. The Bertz CT molecular complexity index is 661. The number of methoxy groups -OCH3 is 1. The molecule has 2 N–H and O–H groups in total. The SMILES string of the molecule is COc1nn(C)cc1C(=O)Nc1ccc(NC(C)=O)cc1. The Morgan fingerprint density at radius 3 is 2.24 bits per heavy atom. The van der Waals surface area contributed by atoms with Gasteiger partial charge in [0.05, 0.1) is 7.11 Å². The predicted molar refractivity (Wildman–Crippen MR) is 78.5 cm³/mol. The predicted octanol–water partition coefficient (Wildman–Crippen LogP) is 1.64. The summed E-state index contributed by atoms with van der Waals surface area (Å²) in [6.45, 7) is 1.43. The van der Waals surface area contributed by atoms with Crippen molar-refractivity contribution in [2.75, 3.05) is 17.7 Å². The van der Waals surface area contributed by atoms with Gasteiger partial charge in [0.25, 0.3) is 5.91 Å². The number of aromatic nitrogens is 2. The zero-order chi connectivity index (χ0) is 15.4. The van der Waals surface area contributed by atoms with Crippen LogP contribution in [-0.4, -0.2) is 28.7 Å². The summed E-state index contributed by atoms with van der Waals surface area (Å²) < 4.78 is 6.56. The Kier molecular flexibility index (Phi) is 4.22. The molecule has 1 heterocycles. The maximum atomic E-state index is 12.2. The summed E-state index contributed by atoms with van der Waals surface area (Å²) in [6, 6.07) is 6.81. The molecular formula is C14H16N4O3. The second kappa shape index (κ2) is 6.08. The van der Waals surface area contributed by atoms with Crippen molar-refractivity contribution in [1.82, 2.24) is 9.78 Å². The van der Waals surface area contributed by atoms with Crippen molar-refractivity contribution in [2.45, 2.75) is 6.92 Å². The molecule has 0 fully saturated rings. The van der Waals surface area contributed by atoms with Crippen molar-refractivity contribution in [3.05, 3.63) is 36.0 Å². The minimum Gasteiger partial charge on any atom is -0.479 e. The van der Waals surface area contributed by atoms with Crippen molar-refractivity contribution < 1.29 is 14.3 Å². The molecule has 2 amide bonds. The van der Waals surface area contributed by atoms with Crippen LogP contribution in [0.2, 0.25) is 0 Å². The average Bonchev–Trinajstić information content (AvgIpc) is 2.82. The van der Waals surface area contributed by atoms with Crippen LogP contribution in [-0.2, 0) is 11.8 Å². The van der Waals surface area contributed by atoms with Gasteiger partial charge in [0.15, 0.2) is 0 Å². The Labute approximate surface area is 121 Å². The fourth-order valence-electron chi connectivity index (χ4n) is 1.81. The standard InChI is InChI=1S/C14H16N4O3/c1-9(19)15-10-4-6-11(7-5-10)16-13(20)12-8-18(2)17-14(12)21-3/h4-8H,1-3H3,(H,15,19)(H,16,20). The summed E-state index contributed by atoms with van der Waals surface area (Å²) in [5.41, 5.74) is 1.63. The van der Waals surface area contributed by atoms with Crippen LogP contribution in [0.3, 0.4) is 0 Å². The first kappa shape index (κ1) is 14.6. The van der Waals surface area contributed by atoms with Crippen LogP contribution in [0, 0.1) is 0 Å². The summed E-state index contributed by atoms with van der Waals surface area (Å²) in [4.78, 5) is 23.1. The first-order chi connectivity index (χ1) is 9.99. The number of hydrogen-bond acceptors (Lipinski definition) is 4. The zero-order valence-corrected chi connectivity index (χ0v) is 12.0. The number of anilines is 2. The summed E-state index contributed by atoms with van der Waals surface area (Å²) in [5, 5.41) is 9.42. The number of carbonyl (C=O) groups excluding carboxylic acids is 2. The van der Waals surface area contributed by atoms with Crippen LogP contribution in [0.1, 0.15) is 17.3 Å². The first-order valence-corrected chi connectivity index (χ1v) is 6.26. The number of rotatable bonds is 4. The second-order valence-electron chi connectivity index (χ2n) is 4.44. The van der Waals surface area contributed by atoms with Gasteiger partial charge in [-0.05, 0) is 24.3 Å². The van der Waals surface area contributed by atoms with E-state index in [2.05, 4.69) is 15.7 Å². The number of ether oxygens (including phenoxy) is 1. The molecule has 0 saturated carbocycles. The maximum Gasteiger partial charge on any atom is 0.262 e. The molecule has 7 heteroatoms. The topological polar surface area (TPSA) is 85.2 Å². The summed E-state index contributed by atoms with van der Waals surface area (Å²) in [5.74, 6) is -0.191. The van der Waals surface area contributed by atoms with Gasteiger partial charge in [0.1, 0.15) is 5.56 Å². The summed E-state index contributed by atoms with van der Waals surface area (Å²) in [6.07, 6.45) is 1.58. The van der Waals surface area contributed by atoms with Gasteiger partial charge in [-0.25, -0.2) is 0 Å². The molecular weight excluding hydrogens is 272 g/mol. The Morgan fingerprint density at radius 2 is 1.71 bits per heavy atom. The molecule has 0 aliphatic heterocycles. The third kappa shape index (κ3) is 3.59. The van der Waals surface area contributed by atoms with Crippen molar-refractivity contribution in [3.8, 4) is 5.88 Å². The average molecular weight is 288 g/mol. The summed E-state index contributed by atoms with van der Waals surface area (Å²) >= 11 is 0. The Morgan fingerprint density at radius 1 is 1.14 bits per heavy atom. The van der Waals surface area contributed by atoms with E-state index in [0.29, 0.717) is 16.9 Å². The second-order valence-corrected chi connectivity index (χ2v) is 4.44. The van der Waals surface area contributed by atoms with E-state index in [4.69, 9.17) is 4.74 Å². The fourth-order valence-corrected chi connectivity index (χ4v) is 1.81. The number of hydrogen-bond donors (Lipinski definition) is 2. The van der Waals surface area contributed by atoms with Crippen molar-refractivity contribution in [2.24, 2.45) is 7.05 Å². The van der Waals surface area contributed by atoms with Gasteiger partial charge < -0.3 is 15.4 Å². The van der Waals surface area contributed by atoms with Gasteiger partial charge in [-0.1, -0.05) is 0 Å². The number of nitrogens with zero attached hydrogens (tertiary/aromatic N) is 2. The molecule has 0 unspecified atom stereocenters. The number of nitrogens with one attached hydrogen (secondary N) is 2. The molecule has 0 aliphatic carbocycles. The minimum absolute atomic E-state index is 0.146. The number of aryl methyl sites for hydroxylation is 1. The highest BCUT2D eigenvalue weighted by Gasteiger charge is 2.16. The third-order valence-electron chi connectivity index (χ3n) is 2.70. The Balaban J connectivity index is 2.10. The molecule has 110 valence electrons. The Hall–Kier alpha value is -2.83. The van der Waals surface area contributed by atoms with Crippen LogP contribution in [0.25, 0.3) is 0 Å². The lowest BCUT2D eigenvalue weighted by molar-refractivity contribution is -0.114. The van der Waals surface area contributed by atoms with E-state index in [1.165, 1.54) is 18.7 Å². The molecule has 0 radical (unpaired) electrons. The quantitative estimate of drug-likeness (QED) is 0.895. The lowest BCUT2D eigenvalue weighted by Gasteiger charge is -2.06. The van der Waals surface area contributed by atoms with E-state index in [1.54, 1.807) is 37.5 Å². The number of amides is 2. The van der Waals surface area contributed by atoms with Crippen molar-refractivity contribution >= 4 is 23.2 Å². The van der Waals surface area contributed by atoms with E-state index < -0.39 is 0 Å². The first-order valence-electron chi connectivity index (χ1n) is 6.26. The highest BCUT2D eigenvalue weighted by Crippen LogP contribution is 2.18. The minimum atomic E-state index is -0.313. The molecule has 0 atom stereocenters. The summed E-state index contributed by atoms with van der Waals surface area (Å²) in [7, 11) is 3.17. The molecule has 0 spiro atoms. The van der Waals surface area contributed by atoms with Gasteiger partial charge in [-0.2, -0.15) is 0 Å². The van der Waals surface area contributed by atoms with Crippen LogP contribution < -0.4 is 15.4 Å². The maximum absolute atomic E-state index is 12.2. The third-order valence-corrected chi connectivity index (χ3v) is 2.70. The molecule has 1 aromatic heterocycles. The van der Waals surface area contributed by atoms with E-state index in [0.717, 1.165) is 0 Å². The number of carbonyl (C=O) groups is 2. The monoisotopic (exact) mass is 288 g/mol. The van der Waals surface area contributed by atoms with E-state index in [-0.39, 0.29) is 17.7 Å². The highest BCUT2D eigenvalue weighted by atomic mass is 16.5. The molecule has 21 heavy (non-hydrogen) atoms. The van der Waals surface area contributed by atoms with Gasteiger partial charge in [-0.3, -0.25) is 14.3 Å². The van der Waals surface area contributed by atoms with Crippen LogP contribution in [0.15, 0.2) is 30.5 Å². The fraction of sp³-hybridized carbons (Fsp3) is 0.214. The van der Waals surface area contributed by atoms with E-state index >= 15 is 0 Å². The number of benzene rings is 1. The molecule has 7 nitrogen and oxygen atoms in total.